The van der Waals surface area contributed by atoms with Crippen molar-refractivity contribution in [1.29, 1.82) is 0 Å². The predicted molar refractivity (Wildman–Crippen MR) is 97.4 cm³/mol. The third-order valence-electron chi connectivity index (χ3n) is 3.55. The minimum Gasteiger partial charge on any atom is -0.506 e. The largest absolute Gasteiger partial charge is 0.506 e. The maximum absolute atomic E-state index is 12.1. The molecule has 7 nitrogen and oxygen atoms in total. The number of carbonyl (C=O) groups is 2. The van der Waals surface area contributed by atoms with Gasteiger partial charge in [0.15, 0.2) is 0 Å². The quantitative estimate of drug-likeness (QED) is 0.615. The molecule has 3 aromatic rings. The van der Waals surface area contributed by atoms with Crippen molar-refractivity contribution in [2.45, 2.75) is 12.8 Å². The number of anilines is 1. The summed E-state index contributed by atoms with van der Waals surface area (Å²) in [5.74, 6) is -1.28. The van der Waals surface area contributed by atoms with Crippen molar-refractivity contribution in [3.05, 3.63) is 59.4 Å². The highest BCUT2D eigenvalue weighted by atomic mass is 32.1. The Balaban J connectivity index is 1.60. The molecule has 1 amide bonds. The molecule has 1 aromatic carbocycles. The second-order valence-electron chi connectivity index (χ2n) is 5.42. The molecule has 3 N–H and O–H groups in total. The van der Waals surface area contributed by atoms with E-state index in [9.17, 15) is 14.7 Å². The number of aromatic hydroxyl groups is 1. The molecule has 0 atom stereocenters. The Labute approximate surface area is 153 Å². The molecule has 0 bridgehead atoms. The number of pyridine rings is 1. The number of aromatic carboxylic acids is 1. The zero-order valence-corrected chi connectivity index (χ0v) is 14.4. The fourth-order valence-corrected chi connectivity index (χ4v) is 3.18. The van der Waals surface area contributed by atoms with E-state index in [2.05, 4.69) is 15.3 Å². The number of amides is 1. The van der Waals surface area contributed by atoms with Crippen LogP contribution in [0.5, 0.6) is 5.75 Å². The van der Waals surface area contributed by atoms with Gasteiger partial charge in [0.25, 0.3) is 0 Å². The summed E-state index contributed by atoms with van der Waals surface area (Å²) < 4.78 is 0. The molecule has 0 saturated carbocycles. The summed E-state index contributed by atoms with van der Waals surface area (Å²) in [6.45, 7) is 0. The fourth-order valence-electron chi connectivity index (χ4n) is 2.29. The molecule has 2 aromatic heterocycles. The molecule has 0 aliphatic carbocycles. The Morgan fingerprint density at radius 3 is 2.62 bits per heavy atom. The van der Waals surface area contributed by atoms with E-state index in [1.165, 1.54) is 23.6 Å². The molecular formula is C18H15N3O4S. The van der Waals surface area contributed by atoms with E-state index < -0.39 is 5.97 Å². The van der Waals surface area contributed by atoms with Crippen molar-refractivity contribution in [3.8, 4) is 16.3 Å². The zero-order valence-electron chi connectivity index (χ0n) is 13.5. The molecular weight excluding hydrogens is 354 g/mol. The lowest BCUT2D eigenvalue weighted by Gasteiger charge is -2.07. The molecule has 8 heteroatoms. The molecule has 0 aliphatic heterocycles. The lowest BCUT2D eigenvalue weighted by atomic mass is 10.1. The predicted octanol–water partition coefficient (Wildman–Crippen LogP) is 3.18. The number of aryl methyl sites for hydroxylation is 1. The summed E-state index contributed by atoms with van der Waals surface area (Å²) >= 11 is 1.42. The number of para-hydroxylation sites is 1. The first-order valence-corrected chi connectivity index (χ1v) is 8.57. The van der Waals surface area contributed by atoms with Crippen LogP contribution >= 0.6 is 11.3 Å². The molecule has 0 aliphatic rings. The molecule has 0 spiro atoms. The van der Waals surface area contributed by atoms with Gasteiger partial charge in [-0.25, -0.2) is 9.78 Å². The molecule has 0 saturated heterocycles. The Morgan fingerprint density at radius 2 is 1.88 bits per heavy atom. The molecule has 0 unspecified atom stereocenters. The molecule has 132 valence electrons. The van der Waals surface area contributed by atoms with Crippen LogP contribution in [0.25, 0.3) is 10.6 Å². The second kappa shape index (κ2) is 7.75. The number of carbonyl (C=O) groups excluding carboxylic acids is 1. The monoisotopic (exact) mass is 369 g/mol. The standard InChI is InChI=1S/C18H15N3O4S/c22-11-5-6-14(19-9-11)15-10-20-17(26-15)8-7-16(23)21-13-4-2-1-3-12(13)18(24)25/h1-6,9-10,22H,7-8H2,(H,21,23)(H,24,25). The topological polar surface area (TPSA) is 112 Å². The first-order valence-electron chi connectivity index (χ1n) is 7.75. The minimum atomic E-state index is -1.09. The molecule has 3 rings (SSSR count). The molecule has 26 heavy (non-hydrogen) atoms. The number of hydrogen-bond donors (Lipinski definition) is 3. The third-order valence-corrected chi connectivity index (χ3v) is 4.63. The summed E-state index contributed by atoms with van der Waals surface area (Å²) in [5.41, 5.74) is 1.03. The summed E-state index contributed by atoms with van der Waals surface area (Å²) in [7, 11) is 0. The van der Waals surface area contributed by atoms with Crippen molar-refractivity contribution in [2.24, 2.45) is 0 Å². The van der Waals surface area contributed by atoms with Crippen LogP contribution in [-0.4, -0.2) is 32.1 Å². The van der Waals surface area contributed by atoms with E-state index in [0.717, 1.165) is 9.88 Å². The van der Waals surface area contributed by atoms with Gasteiger partial charge in [0, 0.05) is 19.0 Å². The lowest BCUT2D eigenvalue weighted by molar-refractivity contribution is -0.116. The zero-order chi connectivity index (χ0) is 18.5. The second-order valence-corrected chi connectivity index (χ2v) is 6.53. The number of benzene rings is 1. The normalized spacial score (nSPS) is 10.5. The molecule has 0 fully saturated rings. The lowest BCUT2D eigenvalue weighted by Crippen LogP contribution is -2.15. The van der Waals surface area contributed by atoms with Gasteiger partial charge in [-0.15, -0.1) is 11.3 Å². The van der Waals surface area contributed by atoms with Crippen molar-refractivity contribution in [2.75, 3.05) is 5.32 Å². The van der Waals surface area contributed by atoms with Crippen molar-refractivity contribution < 1.29 is 19.8 Å². The van der Waals surface area contributed by atoms with E-state index in [1.54, 1.807) is 36.5 Å². The van der Waals surface area contributed by atoms with E-state index in [0.29, 0.717) is 12.1 Å². The number of rotatable bonds is 6. The van der Waals surface area contributed by atoms with Crippen molar-refractivity contribution >= 4 is 28.9 Å². The van der Waals surface area contributed by atoms with Crippen LogP contribution in [0.15, 0.2) is 48.8 Å². The Morgan fingerprint density at radius 1 is 1.08 bits per heavy atom. The Hall–Kier alpha value is -3.26. The maximum atomic E-state index is 12.1. The number of thiazole rings is 1. The minimum absolute atomic E-state index is 0.0517. The first kappa shape index (κ1) is 17.6. The molecule has 0 radical (unpaired) electrons. The summed E-state index contributed by atoms with van der Waals surface area (Å²) in [4.78, 5) is 32.5. The van der Waals surface area contributed by atoms with Gasteiger partial charge in [0.05, 0.1) is 33.0 Å². The van der Waals surface area contributed by atoms with Crippen LogP contribution in [-0.2, 0) is 11.2 Å². The van der Waals surface area contributed by atoms with E-state index in [-0.39, 0.29) is 29.3 Å². The van der Waals surface area contributed by atoms with Gasteiger partial charge in [-0.2, -0.15) is 0 Å². The number of carboxylic acids is 1. The first-order chi connectivity index (χ1) is 12.5. The SMILES string of the molecule is O=C(CCc1ncc(-c2ccc(O)cn2)s1)Nc1ccccc1C(=O)O. The van der Waals surface area contributed by atoms with Gasteiger partial charge >= 0.3 is 5.97 Å². The van der Waals surface area contributed by atoms with E-state index >= 15 is 0 Å². The van der Waals surface area contributed by atoms with Crippen molar-refractivity contribution in [1.82, 2.24) is 9.97 Å². The maximum Gasteiger partial charge on any atom is 0.337 e. The van der Waals surface area contributed by atoms with Gasteiger partial charge < -0.3 is 15.5 Å². The highest BCUT2D eigenvalue weighted by Crippen LogP contribution is 2.26. The number of hydrogen-bond acceptors (Lipinski definition) is 6. The van der Waals surface area contributed by atoms with Crippen molar-refractivity contribution in [3.63, 3.8) is 0 Å². The van der Waals surface area contributed by atoms with Crippen LogP contribution in [0.1, 0.15) is 21.8 Å². The summed E-state index contributed by atoms with van der Waals surface area (Å²) in [6.07, 6.45) is 3.66. The Kier molecular flexibility index (Phi) is 5.23. The van der Waals surface area contributed by atoms with Crippen LogP contribution in [0.3, 0.4) is 0 Å². The van der Waals surface area contributed by atoms with Crippen LogP contribution in [0.4, 0.5) is 5.69 Å². The fraction of sp³-hybridized carbons (Fsp3) is 0.111. The molecule has 2 heterocycles. The third kappa shape index (κ3) is 4.22. The van der Waals surface area contributed by atoms with E-state index in [1.807, 2.05) is 0 Å². The highest BCUT2D eigenvalue weighted by molar-refractivity contribution is 7.15. The van der Waals surface area contributed by atoms with Gasteiger partial charge in [-0.1, -0.05) is 12.1 Å². The number of aromatic nitrogens is 2. The smallest absolute Gasteiger partial charge is 0.337 e. The van der Waals surface area contributed by atoms with E-state index in [4.69, 9.17) is 5.11 Å². The average molecular weight is 369 g/mol. The average Bonchev–Trinajstić information content (AvgIpc) is 3.10. The van der Waals surface area contributed by atoms with Gasteiger partial charge in [-0.3, -0.25) is 9.78 Å². The van der Waals surface area contributed by atoms with Crippen LogP contribution in [0.2, 0.25) is 0 Å². The van der Waals surface area contributed by atoms with Gasteiger partial charge in [0.1, 0.15) is 5.75 Å². The highest BCUT2D eigenvalue weighted by Gasteiger charge is 2.13. The van der Waals surface area contributed by atoms with Crippen LogP contribution < -0.4 is 5.32 Å². The van der Waals surface area contributed by atoms with Crippen LogP contribution in [0, 0.1) is 0 Å². The number of carboxylic acid groups (broad SMARTS) is 1. The summed E-state index contributed by atoms with van der Waals surface area (Å²) in [6, 6.07) is 9.51. The Bertz CT molecular complexity index is 938. The van der Waals surface area contributed by atoms with Gasteiger partial charge in [0.2, 0.25) is 5.91 Å². The van der Waals surface area contributed by atoms with Gasteiger partial charge in [-0.05, 0) is 24.3 Å². The number of nitrogens with zero attached hydrogens (tertiary/aromatic N) is 2. The summed E-state index contributed by atoms with van der Waals surface area (Å²) in [5, 5.41) is 21.8. The number of nitrogens with one attached hydrogen (secondary N) is 1.